The van der Waals surface area contributed by atoms with E-state index >= 15 is 0 Å². The van der Waals surface area contributed by atoms with Crippen LogP contribution < -0.4 is 4.74 Å². The third-order valence-electron chi connectivity index (χ3n) is 7.82. The van der Waals surface area contributed by atoms with Gasteiger partial charge in [-0.25, -0.2) is 0 Å². The van der Waals surface area contributed by atoms with Crippen molar-refractivity contribution in [2.24, 2.45) is 11.8 Å². The monoisotopic (exact) mass is 715 g/mol. The first kappa shape index (κ1) is 31.5. The number of aliphatic hydroxyl groups excluding tert-OH is 1. The van der Waals surface area contributed by atoms with Crippen molar-refractivity contribution in [2.45, 2.75) is 73.1 Å². The normalized spacial score (nSPS) is 12.2. The molecule has 4 aromatic rings. The largest absolute Gasteiger partial charge is 0.512 e. The number of carbonyl (C=O) groups excluding carboxylic acids is 1. The summed E-state index contributed by atoms with van der Waals surface area (Å²) in [5, 5.41) is 13.2. The van der Waals surface area contributed by atoms with Crippen molar-refractivity contribution in [1.82, 2.24) is 4.98 Å². The van der Waals surface area contributed by atoms with Gasteiger partial charge >= 0.3 is 0 Å². The molecule has 0 aliphatic carbocycles. The minimum Gasteiger partial charge on any atom is -0.512 e. The van der Waals surface area contributed by atoms with Crippen molar-refractivity contribution in [3.63, 3.8) is 0 Å². The van der Waals surface area contributed by atoms with Crippen LogP contribution in [0.3, 0.4) is 0 Å². The van der Waals surface area contributed by atoms with Gasteiger partial charge < -0.3 is 9.84 Å². The molecule has 5 rings (SSSR count). The number of rotatable bonds is 8. The van der Waals surface area contributed by atoms with Crippen LogP contribution >= 0.6 is 0 Å². The number of allylic oxidation sites excluding steroid dienone is 2. The van der Waals surface area contributed by atoms with Crippen molar-refractivity contribution in [3.05, 3.63) is 78.1 Å². The van der Waals surface area contributed by atoms with E-state index in [4.69, 9.17) is 9.72 Å². The predicted molar refractivity (Wildman–Crippen MR) is 162 cm³/mol. The molecule has 0 bridgehead atoms. The van der Waals surface area contributed by atoms with Gasteiger partial charge in [0.1, 0.15) is 5.75 Å². The van der Waals surface area contributed by atoms with Gasteiger partial charge in [0.25, 0.3) is 0 Å². The molecule has 4 nitrogen and oxygen atoms in total. The number of nitrogens with zero attached hydrogens (tertiary/aromatic N) is 1. The summed E-state index contributed by atoms with van der Waals surface area (Å²) in [5.74, 6) is 2.69. The molecule has 40 heavy (non-hydrogen) atoms. The van der Waals surface area contributed by atoms with Crippen molar-refractivity contribution < 1.29 is 34.7 Å². The van der Waals surface area contributed by atoms with E-state index in [0.717, 1.165) is 70.1 Å². The fraction of sp³-hybridized carbons (Fsp3) is 0.371. The fourth-order valence-corrected chi connectivity index (χ4v) is 5.37. The summed E-state index contributed by atoms with van der Waals surface area (Å²) < 4.78 is 6.21. The SMILES string of the molecule is CC(C)c1cccc2nc3c(cc12)Oc1cccc2cc[c-]c-3c12.CCC(CC)C(=O)/C=C(\O)C(CC)CC.[Ir]. The number of ether oxygens (including phenoxy) is 1. The van der Waals surface area contributed by atoms with E-state index in [0.29, 0.717) is 5.92 Å². The van der Waals surface area contributed by atoms with Gasteiger partial charge in [0, 0.05) is 49.1 Å². The molecule has 1 radical (unpaired) electrons. The van der Waals surface area contributed by atoms with Crippen LogP contribution in [-0.4, -0.2) is 15.9 Å². The Hall–Kier alpha value is -3.01. The van der Waals surface area contributed by atoms with Gasteiger partial charge in [-0.15, -0.1) is 23.8 Å². The quantitative estimate of drug-likeness (QED) is 0.0988. The molecular weight excluding hydrogens is 675 g/mol. The smallest absolute Gasteiger partial charge is 0.162 e. The van der Waals surface area contributed by atoms with Gasteiger partial charge in [-0.1, -0.05) is 76.6 Å². The Balaban J connectivity index is 0.000000243. The fourth-order valence-electron chi connectivity index (χ4n) is 5.37. The second-order valence-corrected chi connectivity index (χ2v) is 10.6. The summed E-state index contributed by atoms with van der Waals surface area (Å²) in [7, 11) is 0. The molecule has 0 unspecified atom stereocenters. The molecular formula is C35H40IrNO3-. The molecule has 1 aliphatic rings. The number of ketones is 1. The zero-order valence-corrected chi connectivity index (χ0v) is 26.8. The van der Waals surface area contributed by atoms with Crippen molar-refractivity contribution in [2.75, 3.05) is 0 Å². The molecule has 5 heteroatoms. The van der Waals surface area contributed by atoms with Gasteiger partial charge in [0.2, 0.25) is 0 Å². The molecule has 1 aliphatic heterocycles. The third kappa shape index (κ3) is 6.48. The first-order chi connectivity index (χ1) is 18.8. The number of pyridine rings is 1. The maximum Gasteiger partial charge on any atom is 0.162 e. The Labute approximate surface area is 252 Å². The van der Waals surface area contributed by atoms with Crippen LogP contribution in [0.2, 0.25) is 0 Å². The number of benzene rings is 3. The number of aromatic nitrogens is 1. The number of hydrogen-bond donors (Lipinski definition) is 1. The van der Waals surface area contributed by atoms with Gasteiger partial charge in [-0.3, -0.25) is 9.78 Å². The average Bonchev–Trinajstić information content (AvgIpc) is 2.93. The second-order valence-electron chi connectivity index (χ2n) is 10.6. The second kappa shape index (κ2) is 14.1. The van der Waals surface area contributed by atoms with E-state index in [2.05, 4.69) is 56.3 Å². The zero-order valence-electron chi connectivity index (χ0n) is 24.4. The number of carbonyl (C=O) groups is 1. The number of aliphatic hydroxyl groups is 1. The minimum atomic E-state index is 0. The van der Waals surface area contributed by atoms with Crippen molar-refractivity contribution in [1.29, 1.82) is 0 Å². The third-order valence-corrected chi connectivity index (χ3v) is 7.82. The topological polar surface area (TPSA) is 59.4 Å². The molecule has 0 saturated carbocycles. The van der Waals surface area contributed by atoms with Crippen molar-refractivity contribution >= 4 is 27.5 Å². The molecule has 0 saturated heterocycles. The van der Waals surface area contributed by atoms with E-state index in [-0.39, 0.29) is 43.5 Å². The number of hydrogen-bond acceptors (Lipinski definition) is 4. The number of fused-ring (bicyclic) bond motifs is 3. The average molecular weight is 715 g/mol. The van der Waals surface area contributed by atoms with Gasteiger partial charge in [-0.05, 0) is 55.4 Å². The summed E-state index contributed by atoms with van der Waals surface area (Å²) in [5.41, 5.74) is 4.22. The summed E-state index contributed by atoms with van der Waals surface area (Å²) in [6.07, 6.45) is 4.91. The van der Waals surface area contributed by atoms with E-state index in [1.807, 2.05) is 45.9 Å². The van der Waals surface area contributed by atoms with E-state index in [1.54, 1.807) is 0 Å². The van der Waals surface area contributed by atoms with Gasteiger partial charge in [-0.2, -0.15) is 0 Å². The van der Waals surface area contributed by atoms with E-state index in [1.165, 1.54) is 11.6 Å². The van der Waals surface area contributed by atoms with E-state index < -0.39 is 0 Å². The van der Waals surface area contributed by atoms with E-state index in [9.17, 15) is 9.90 Å². The van der Waals surface area contributed by atoms with Gasteiger partial charge in [0.15, 0.2) is 5.78 Å². The molecule has 3 aromatic carbocycles. The standard InChI is InChI=1S/C22H16NO.C13H24O2.Ir/c1-13(2)15-8-5-10-18-17(15)12-20-22(23-18)16-9-3-6-14-7-4-11-19(24-20)21(14)16;1-5-10(6-2)12(14)9-13(15)11(7-3)8-4;/h3-8,10-13H,1-2H3;9-11,14H,5-8H2,1-4H3;/q-1;;/b;12-9-;. The molecule has 0 spiro atoms. The van der Waals surface area contributed by atoms with Crippen LogP contribution in [0.5, 0.6) is 11.5 Å². The van der Waals surface area contributed by atoms with Crippen LogP contribution in [0.15, 0.2) is 66.4 Å². The van der Waals surface area contributed by atoms with Crippen LogP contribution in [0.4, 0.5) is 0 Å². The Kier molecular flexibility index (Phi) is 11.1. The van der Waals surface area contributed by atoms with Gasteiger partial charge in [0.05, 0.1) is 17.0 Å². The Bertz CT molecular complexity index is 1490. The summed E-state index contributed by atoms with van der Waals surface area (Å²) in [6, 6.07) is 22.0. The summed E-state index contributed by atoms with van der Waals surface area (Å²) in [6.45, 7) is 12.5. The minimum absolute atomic E-state index is 0. The molecule has 1 N–H and O–H groups in total. The Morgan fingerprint density at radius 3 is 2.27 bits per heavy atom. The molecule has 213 valence electrons. The van der Waals surface area contributed by atoms with Crippen molar-refractivity contribution in [3.8, 4) is 22.8 Å². The molecule has 0 fully saturated rings. The summed E-state index contributed by atoms with van der Waals surface area (Å²) >= 11 is 0. The van der Waals surface area contributed by atoms with Crippen LogP contribution in [0, 0.1) is 17.9 Å². The van der Waals surface area contributed by atoms with Crippen LogP contribution in [0.25, 0.3) is 32.9 Å². The first-order valence-corrected chi connectivity index (χ1v) is 14.3. The summed E-state index contributed by atoms with van der Waals surface area (Å²) in [4.78, 5) is 16.6. The Morgan fingerprint density at radius 1 is 0.950 bits per heavy atom. The predicted octanol–water partition coefficient (Wildman–Crippen LogP) is 9.95. The van der Waals surface area contributed by atoms with Crippen LogP contribution in [-0.2, 0) is 24.9 Å². The molecule has 0 atom stereocenters. The maximum atomic E-state index is 11.7. The molecule has 0 amide bonds. The Morgan fingerprint density at radius 2 is 1.62 bits per heavy atom. The maximum absolute atomic E-state index is 11.7. The molecule has 2 heterocycles. The van der Waals surface area contributed by atoms with Crippen LogP contribution in [0.1, 0.15) is 78.7 Å². The molecule has 1 aromatic heterocycles. The zero-order chi connectivity index (χ0) is 28.1. The first-order valence-electron chi connectivity index (χ1n) is 14.3.